The Hall–Kier alpha value is -0.350. The monoisotopic (exact) mass is 280 g/mol. The van der Waals surface area contributed by atoms with Gasteiger partial charge in [-0.15, -0.1) is 9.24 Å². The van der Waals surface area contributed by atoms with Gasteiger partial charge in [-0.05, 0) is 29.0 Å². The van der Waals surface area contributed by atoms with Crippen molar-refractivity contribution in [2.24, 2.45) is 5.41 Å². The van der Waals surface area contributed by atoms with Gasteiger partial charge in [-0.2, -0.15) is 0 Å². The van der Waals surface area contributed by atoms with E-state index in [1.54, 1.807) is 0 Å². The Morgan fingerprint density at radius 1 is 0.947 bits per heavy atom. The Kier molecular flexibility index (Phi) is 8.59. The highest BCUT2D eigenvalue weighted by Crippen LogP contribution is 2.38. The van der Waals surface area contributed by atoms with E-state index < -0.39 is 0 Å². The van der Waals surface area contributed by atoms with Crippen molar-refractivity contribution in [3.05, 3.63) is 35.9 Å². The van der Waals surface area contributed by atoms with Crippen LogP contribution in [-0.4, -0.2) is 6.16 Å². The van der Waals surface area contributed by atoms with Crippen LogP contribution in [0.15, 0.2) is 30.3 Å². The lowest BCUT2D eigenvalue weighted by Crippen LogP contribution is -2.26. The van der Waals surface area contributed by atoms with Gasteiger partial charge in [-0.1, -0.05) is 84.7 Å². The van der Waals surface area contributed by atoms with Crippen molar-refractivity contribution >= 4 is 9.24 Å². The molecule has 0 aromatic heterocycles. The highest BCUT2D eigenvalue weighted by atomic mass is 31.0. The average Bonchev–Trinajstić information content (AvgIpc) is 2.39. The Labute approximate surface area is 123 Å². The first-order valence-electron chi connectivity index (χ1n) is 7.54. The van der Waals surface area contributed by atoms with Gasteiger partial charge in [0.15, 0.2) is 0 Å². The fourth-order valence-corrected chi connectivity index (χ4v) is 2.31. The highest BCUT2D eigenvalue weighted by molar-refractivity contribution is 7.16. The molecule has 0 saturated heterocycles. The molecule has 0 saturated carbocycles. The van der Waals surface area contributed by atoms with Crippen LogP contribution in [0.1, 0.15) is 66.4 Å². The lowest BCUT2D eigenvalue weighted by atomic mass is 9.70. The summed E-state index contributed by atoms with van der Waals surface area (Å²) in [6.07, 6.45) is 4.99. The van der Waals surface area contributed by atoms with Crippen LogP contribution in [0.3, 0.4) is 0 Å². The predicted octanol–water partition coefficient (Wildman–Crippen LogP) is 6.06. The largest absolute Gasteiger partial charge is 0.138 e. The number of benzene rings is 1. The molecule has 0 aliphatic carbocycles. The van der Waals surface area contributed by atoms with Crippen LogP contribution in [-0.2, 0) is 5.41 Å². The summed E-state index contributed by atoms with van der Waals surface area (Å²) in [6.45, 7) is 13.9. The van der Waals surface area contributed by atoms with Crippen LogP contribution in [0.4, 0.5) is 0 Å². The number of hydrogen-bond donors (Lipinski definition) is 0. The molecule has 1 atom stereocenters. The summed E-state index contributed by atoms with van der Waals surface area (Å²) in [7, 11) is 2.66. The highest BCUT2D eigenvalue weighted by Gasteiger charge is 2.28. The Morgan fingerprint density at radius 3 is 1.79 bits per heavy atom. The SMILES string of the molecule is CCC(C)(C)CC(C)(C)c1ccccc1.CCCP. The zero-order chi connectivity index (χ0) is 14.9. The minimum atomic E-state index is 0.279. The Morgan fingerprint density at radius 2 is 1.42 bits per heavy atom. The quantitative estimate of drug-likeness (QED) is 0.575. The van der Waals surface area contributed by atoms with E-state index in [0.29, 0.717) is 5.41 Å². The average molecular weight is 280 g/mol. The normalized spacial score (nSPS) is 11.7. The maximum Gasteiger partial charge on any atom is -0.00985 e. The van der Waals surface area contributed by atoms with Crippen LogP contribution in [0.2, 0.25) is 0 Å². The minimum Gasteiger partial charge on any atom is -0.138 e. The zero-order valence-corrected chi connectivity index (χ0v) is 14.9. The molecule has 0 N–H and O–H groups in total. The van der Waals surface area contributed by atoms with E-state index in [-0.39, 0.29) is 5.41 Å². The van der Waals surface area contributed by atoms with E-state index in [0.717, 1.165) is 0 Å². The van der Waals surface area contributed by atoms with Crippen molar-refractivity contribution < 1.29 is 0 Å². The molecular weight excluding hydrogens is 247 g/mol. The van der Waals surface area contributed by atoms with Crippen molar-refractivity contribution in [2.75, 3.05) is 6.16 Å². The zero-order valence-electron chi connectivity index (χ0n) is 13.8. The Bertz CT molecular complexity index is 323. The lowest BCUT2D eigenvalue weighted by molar-refractivity contribution is 0.248. The molecule has 0 fully saturated rings. The van der Waals surface area contributed by atoms with Gasteiger partial charge >= 0.3 is 0 Å². The summed E-state index contributed by atoms with van der Waals surface area (Å²) < 4.78 is 0. The first-order chi connectivity index (χ1) is 8.79. The van der Waals surface area contributed by atoms with Gasteiger partial charge in [0.25, 0.3) is 0 Å². The minimum absolute atomic E-state index is 0.279. The molecular formula is C18H33P. The van der Waals surface area contributed by atoms with E-state index in [2.05, 4.69) is 81.1 Å². The maximum atomic E-state index is 2.66. The van der Waals surface area contributed by atoms with E-state index in [1.807, 2.05) is 0 Å². The molecule has 1 aromatic carbocycles. The fourth-order valence-electron chi connectivity index (χ4n) is 2.31. The summed E-state index contributed by atoms with van der Waals surface area (Å²) in [5.74, 6) is 0. The second-order valence-corrected chi connectivity index (χ2v) is 7.31. The molecule has 0 aliphatic heterocycles. The van der Waals surface area contributed by atoms with Gasteiger partial charge in [0.1, 0.15) is 0 Å². The summed E-state index contributed by atoms with van der Waals surface area (Å²) in [6, 6.07) is 10.8. The van der Waals surface area contributed by atoms with Gasteiger partial charge in [0, 0.05) is 0 Å². The standard InChI is InChI=1S/C15H24.C3H9P/c1-6-14(2,3)12-15(4,5)13-10-8-7-9-11-13;1-2-3-4/h7-11H,6,12H2,1-5H3;2-4H2,1H3. The maximum absolute atomic E-state index is 2.66. The van der Waals surface area contributed by atoms with E-state index in [4.69, 9.17) is 0 Å². The molecule has 19 heavy (non-hydrogen) atoms. The molecule has 0 heterocycles. The molecule has 1 heteroatoms. The second kappa shape index (κ2) is 8.75. The molecule has 0 spiro atoms. The second-order valence-electron chi connectivity index (χ2n) is 6.73. The smallest absolute Gasteiger partial charge is 0.00985 e. The van der Waals surface area contributed by atoms with Crippen LogP contribution in [0.25, 0.3) is 0 Å². The first kappa shape index (κ1) is 18.7. The van der Waals surface area contributed by atoms with Gasteiger partial charge < -0.3 is 0 Å². The summed E-state index contributed by atoms with van der Waals surface area (Å²) in [4.78, 5) is 0. The first-order valence-corrected chi connectivity index (χ1v) is 8.36. The number of hydrogen-bond acceptors (Lipinski definition) is 0. The third-order valence-electron chi connectivity index (χ3n) is 3.72. The predicted molar refractivity (Wildman–Crippen MR) is 93.0 cm³/mol. The number of rotatable bonds is 5. The summed E-state index contributed by atoms with van der Waals surface area (Å²) in [5, 5.41) is 0. The molecule has 1 aromatic rings. The van der Waals surface area contributed by atoms with Crippen LogP contribution in [0, 0.1) is 5.41 Å². The third-order valence-corrected chi connectivity index (χ3v) is 4.30. The lowest BCUT2D eigenvalue weighted by Gasteiger charge is -2.34. The molecule has 0 bridgehead atoms. The summed E-state index contributed by atoms with van der Waals surface area (Å²) >= 11 is 0. The van der Waals surface area contributed by atoms with Gasteiger partial charge in [-0.3, -0.25) is 0 Å². The van der Waals surface area contributed by atoms with Crippen LogP contribution >= 0.6 is 9.24 Å². The molecule has 0 radical (unpaired) electrons. The van der Waals surface area contributed by atoms with Crippen molar-refractivity contribution in [1.82, 2.24) is 0 Å². The Balaban J connectivity index is 0.000000711. The van der Waals surface area contributed by atoms with Gasteiger partial charge in [0.05, 0.1) is 0 Å². The van der Waals surface area contributed by atoms with Gasteiger partial charge in [0.2, 0.25) is 0 Å². The molecule has 110 valence electrons. The van der Waals surface area contributed by atoms with E-state index in [9.17, 15) is 0 Å². The van der Waals surface area contributed by atoms with Crippen molar-refractivity contribution in [1.29, 1.82) is 0 Å². The summed E-state index contributed by atoms with van der Waals surface area (Å²) in [5.41, 5.74) is 2.16. The molecule has 1 unspecified atom stereocenters. The van der Waals surface area contributed by atoms with Gasteiger partial charge in [-0.25, -0.2) is 0 Å². The molecule has 0 amide bonds. The van der Waals surface area contributed by atoms with Crippen molar-refractivity contribution in [2.45, 2.75) is 66.2 Å². The third kappa shape index (κ3) is 7.73. The molecule has 1 rings (SSSR count). The topological polar surface area (TPSA) is 0 Å². The van der Waals surface area contributed by atoms with E-state index in [1.165, 1.54) is 31.0 Å². The molecule has 0 aliphatic rings. The van der Waals surface area contributed by atoms with Crippen LogP contribution < -0.4 is 0 Å². The fraction of sp³-hybridized carbons (Fsp3) is 0.667. The molecule has 0 nitrogen and oxygen atoms in total. The van der Waals surface area contributed by atoms with Crippen molar-refractivity contribution in [3.8, 4) is 0 Å². The van der Waals surface area contributed by atoms with E-state index >= 15 is 0 Å². The van der Waals surface area contributed by atoms with Crippen LogP contribution in [0.5, 0.6) is 0 Å². The van der Waals surface area contributed by atoms with Crippen molar-refractivity contribution in [3.63, 3.8) is 0 Å².